The SMILES string of the molecule is O=C(c1nc(-c2csc(S(=O)(=O)Nc3cc(F)ccc3F)c2)no1)N1CCCC1. The number of carbonyl (C=O) groups excluding carboxylic acids is 1. The molecule has 1 aromatic carbocycles. The molecule has 2 aromatic heterocycles. The van der Waals surface area contributed by atoms with Crippen LogP contribution in [0.3, 0.4) is 0 Å². The summed E-state index contributed by atoms with van der Waals surface area (Å²) in [5.41, 5.74) is -0.183. The Kier molecular flexibility index (Phi) is 5.04. The van der Waals surface area contributed by atoms with Crippen LogP contribution in [0.15, 0.2) is 38.4 Å². The number of nitrogens with one attached hydrogen (secondary N) is 1. The average molecular weight is 440 g/mol. The molecule has 3 heterocycles. The maximum atomic E-state index is 13.7. The van der Waals surface area contributed by atoms with Crippen LogP contribution >= 0.6 is 11.3 Å². The van der Waals surface area contributed by atoms with Crippen LogP contribution in [0.4, 0.5) is 14.5 Å². The molecule has 0 atom stereocenters. The van der Waals surface area contributed by atoms with Gasteiger partial charge >= 0.3 is 11.8 Å². The van der Waals surface area contributed by atoms with Gasteiger partial charge in [-0.3, -0.25) is 9.52 Å². The molecule has 0 unspecified atom stereocenters. The number of benzene rings is 1. The minimum atomic E-state index is -4.16. The summed E-state index contributed by atoms with van der Waals surface area (Å²) >= 11 is 0.840. The fourth-order valence-corrected chi connectivity index (χ4v) is 5.04. The van der Waals surface area contributed by atoms with E-state index in [0.29, 0.717) is 18.7 Å². The van der Waals surface area contributed by atoms with Crippen molar-refractivity contribution >= 4 is 33.0 Å². The lowest BCUT2D eigenvalue weighted by Crippen LogP contribution is -2.27. The third-order valence-corrected chi connectivity index (χ3v) is 7.08. The van der Waals surface area contributed by atoms with Crippen molar-refractivity contribution in [2.45, 2.75) is 17.1 Å². The lowest BCUT2D eigenvalue weighted by atomic mass is 10.3. The van der Waals surface area contributed by atoms with E-state index in [9.17, 15) is 22.0 Å². The summed E-state index contributed by atoms with van der Waals surface area (Å²) in [6, 6.07) is 3.72. The molecule has 0 spiro atoms. The van der Waals surface area contributed by atoms with Crippen LogP contribution in [-0.2, 0) is 10.0 Å². The number of hydrogen-bond acceptors (Lipinski definition) is 7. The predicted molar refractivity (Wildman–Crippen MR) is 99.9 cm³/mol. The normalized spacial score (nSPS) is 14.3. The van der Waals surface area contributed by atoms with Crippen LogP contribution in [0.5, 0.6) is 0 Å². The van der Waals surface area contributed by atoms with Crippen molar-refractivity contribution in [2.24, 2.45) is 0 Å². The zero-order chi connectivity index (χ0) is 20.6. The molecule has 1 N–H and O–H groups in total. The number of sulfonamides is 1. The van der Waals surface area contributed by atoms with Gasteiger partial charge in [-0.05, 0) is 31.0 Å². The molecular formula is C17H14F2N4O4S2. The zero-order valence-corrected chi connectivity index (χ0v) is 16.4. The monoisotopic (exact) mass is 440 g/mol. The second-order valence-corrected chi connectivity index (χ2v) is 9.13. The maximum Gasteiger partial charge on any atom is 0.316 e. The highest BCUT2D eigenvalue weighted by Crippen LogP contribution is 2.29. The molecule has 4 rings (SSSR count). The van der Waals surface area contributed by atoms with E-state index in [1.165, 1.54) is 11.4 Å². The molecule has 0 aliphatic carbocycles. The molecule has 1 aliphatic heterocycles. The fourth-order valence-electron chi connectivity index (χ4n) is 2.83. The third kappa shape index (κ3) is 3.98. The first-order valence-corrected chi connectivity index (χ1v) is 10.9. The minimum Gasteiger partial charge on any atom is -0.334 e. The highest BCUT2D eigenvalue weighted by atomic mass is 32.2. The van der Waals surface area contributed by atoms with E-state index in [1.54, 1.807) is 4.90 Å². The van der Waals surface area contributed by atoms with Crippen LogP contribution < -0.4 is 4.72 Å². The Bertz CT molecular complexity index is 1170. The van der Waals surface area contributed by atoms with Crippen LogP contribution in [0, 0.1) is 11.6 Å². The van der Waals surface area contributed by atoms with E-state index in [0.717, 1.165) is 42.4 Å². The number of amides is 1. The van der Waals surface area contributed by atoms with Gasteiger partial charge in [0, 0.05) is 30.1 Å². The van der Waals surface area contributed by atoms with Crippen molar-refractivity contribution in [3.8, 4) is 11.4 Å². The Morgan fingerprint density at radius 2 is 1.97 bits per heavy atom. The molecule has 1 aliphatic rings. The first kappa shape index (κ1) is 19.5. The van der Waals surface area contributed by atoms with E-state index < -0.39 is 27.3 Å². The van der Waals surface area contributed by atoms with Gasteiger partial charge in [0.2, 0.25) is 5.82 Å². The molecule has 0 radical (unpaired) electrons. The Morgan fingerprint density at radius 1 is 1.21 bits per heavy atom. The van der Waals surface area contributed by atoms with Gasteiger partial charge in [0.1, 0.15) is 15.8 Å². The molecule has 8 nitrogen and oxygen atoms in total. The number of carbonyl (C=O) groups is 1. The number of aromatic nitrogens is 2. The van der Waals surface area contributed by atoms with Crippen molar-refractivity contribution in [3.05, 3.63) is 47.2 Å². The summed E-state index contributed by atoms with van der Waals surface area (Å²) in [7, 11) is -4.16. The van der Waals surface area contributed by atoms with Crippen LogP contribution in [0.25, 0.3) is 11.4 Å². The summed E-state index contributed by atoms with van der Waals surface area (Å²) in [4.78, 5) is 17.9. The van der Waals surface area contributed by atoms with Crippen molar-refractivity contribution < 1.29 is 26.5 Å². The van der Waals surface area contributed by atoms with Gasteiger partial charge in [-0.1, -0.05) is 5.16 Å². The van der Waals surface area contributed by atoms with Crippen LogP contribution in [-0.4, -0.2) is 42.5 Å². The van der Waals surface area contributed by atoms with E-state index in [2.05, 4.69) is 10.1 Å². The minimum absolute atomic E-state index is 0.0576. The topological polar surface area (TPSA) is 105 Å². The van der Waals surface area contributed by atoms with Crippen molar-refractivity contribution in [1.82, 2.24) is 15.0 Å². The second kappa shape index (κ2) is 7.52. The molecule has 3 aromatic rings. The number of rotatable bonds is 5. The van der Waals surface area contributed by atoms with Crippen molar-refractivity contribution in [1.29, 1.82) is 0 Å². The smallest absolute Gasteiger partial charge is 0.316 e. The molecule has 1 fully saturated rings. The first-order valence-electron chi connectivity index (χ1n) is 8.53. The molecule has 152 valence electrons. The molecule has 0 bridgehead atoms. The van der Waals surface area contributed by atoms with Gasteiger partial charge in [0.05, 0.1) is 5.69 Å². The standard InChI is InChI=1S/C17H14F2N4O4S2/c18-11-3-4-12(19)13(8-11)22-29(25,26)14-7-10(9-28-14)15-20-16(27-21-15)17(24)23-5-1-2-6-23/h3-4,7-9,22H,1-2,5-6H2. The van der Waals surface area contributed by atoms with Crippen molar-refractivity contribution in [3.63, 3.8) is 0 Å². The van der Waals surface area contributed by atoms with Crippen molar-refractivity contribution in [2.75, 3.05) is 17.8 Å². The Morgan fingerprint density at radius 3 is 2.72 bits per heavy atom. The van der Waals surface area contributed by atoms with E-state index in [4.69, 9.17) is 4.52 Å². The quantitative estimate of drug-likeness (QED) is 0.654. The molecular weight excluding hydrogens is 426 g/mol. The predicted octanol–water partition coefficient (Wildman–Crippen LogP) is 3.11. The van der Waals surface area contributed by atoms with E-state index in [-0.39, 0.29) is 21.8 Å². The summed E-state index contributed by atoms with van der Waals surface area (Å²) in [6.07, 6.45) is 1.83. The number of likely N-dealkylation sites (tertiary alicyclic amines) is 1. The highest BCUT2D eigenvalue weighted by molar-refractivity contribution is 7.94. The number of halogens is 2. The van der Waals surface area contributed by atoms with Gasteiger partial charge < -0.3 is 9.42 Å². The Hall–Kier alpha value is -2.86. The highest BCUT2D eigenvalue weighted by Gasteiger charge is 2.26. The number of anilines is 1. The van der Waals surface area contributed by atoms with Gasteiger partial charge in [-0.15, -0.1) is 11.3 Å². The van der Waals surface area contributed by atoms with Gasteiger partial charge in [0.25, 0.3) is 10.0 Å². The molecule has 1 amide bonds. The van der Waals surface area contributed by atoms with Crippen LogP contribution in [0.1, 0.15) is 23.5 Å². The average Bonchev–Trinajstić information content (AvgIpc) is 3.44. The Labute approximate surface area is 168 Å². The molecule has 0 saturated carbocycles. The van der Waals surface area contributed by atoms with Gasteiger partial charge in [0.15, 0.2) is 0 Å². The van der Waals surface area contributed by atoms with Crippen LogP contribution in [0.2, 0.25) is 0 Å². The number of hydrogen-bond donors (Lipinski definition) is 1. The molecule has 29 heavy (non-hydrogen) atoms. The summed E-state index contributed by atoms with van der Waals surface area (Å²) in [5, 5.41) is 5.20. The third-order valence-electron chi connectivity index (χ3n) is 4.27. The summed E-state index contributed by atoms with van der Waals surface area (Å²) in [6.45, 7) is 1.25. The lowest BCUT2D eigenvalue weighted by molar-refractivity contribution is 0.0743. The van der Waals surface area contributed by atoms with Gasteiger partial charge in [-0.25, -0.2) is 17.2 Å². The summed E-state index contributed by atoms with van der Waals surface area (Å²) < 4.78 is 58.8. The van der Waals surface area contributed by atoms with E-state index >= 15 is 0 Å². The Balaban J connectivity index is 1.55. The lowest BCUT2D eigenvalue weighted by Gasteiger charge is -2.10. The maximum absolute atomic E-state index is 13.7. The number of nitrogens with zero attached hydrogens (tertiary/aromatic N) is 3. The first-order chi connectivity index (χ1) is 13.8. The largest absolute Gasteiger partial charge is 0.334 e. The second-order valence-electron chi connectivity index (χ2n) is 6.31. The van der Waals surface area contributed by atoms with E-state index in [1.807, 2.05) is 4.72 Å². The summed E-state index contributed by atoms with van der Waals surface area (Å²) in [5.74, 6) is -2.17. The molecule has 1 saturated heterocycles. The zero-order valence-electron chi connectivity index (χ0n) is 14.8. The number of thiophene rings is 1. The fraction of sp³-hybridized carbons (Fsp3) is 0.235. The molecule has 12 heteroatoms. The van der Waals surface area contributed by atoms with Gasteiger partial charge in [-0.2, -0.15) is 4.98 Å².